The van der Waals surface area contributed by atoms with E-state index in [2.05, 4.69) is 20.9 Å². The van der Waals surface area contributed by atoms with Crippen molar-refractivity contribution in [2.45, 2.75) is 33.3 Å². The van der Waals surface area contributed by atoms with Gasteiger partial charge in [0.1, 0.15) is 16.7 Å². The summed E-state index contributed by atoms with van der Waals surface area (Å²) in [6.45, 7) is 8.24. The number of amides is 2. The number of halogens is 1. The number of aromatic nitrogens is 1. The highest BCUT2D eigenvalue weighted by atomic mass is 79.9. The topological polar surface area (TPSA) is 62.7 Å². The van der Waals surface area contributed by atoms with Crippen molar-refractivity contribution in [3.8, 4) is 0 Å². The third-order valence-electron chi connectivity index (χ3n) is 2.83. The van der Waals surface area contributed by atoms with Crippen LogP contribution in [0.5, 0.6) is 0 Å². The van der Waals surface area contributed by atoms with Gasteiger partial charge in [-0.2, -0.15) is 0 Å². The number of nitrogens with zero attached hydrogens (tertiary/aromatic N) is 3. The minimum absolute atomic E-state index is 0.0190. The van der Waals surface area contributed by atoms with E-state index in [1.807, 2.05) is 6.92 Å². The summed E-state index contributed by atoms with van der Waals surface area (Å²) in [6.07, 6.45) is -0.452. The van der Waals surface area contributed by atoms with Crippen LogP contribution in [0.2, 0.25) is 0 Å². The van der Waals surface area contributed by atoms with E-state index in [1.165, 1.54) is 16.2 Å². The third kappa shape index (κ3) is 3.94. The molecule has 2 rings (SSSR count). The van der Waals surface area contributed by atoms with Crippen molar-refractivity contribution in [3.63, 3.8) is 0 Å². The molecule has 8 heteroatoms. The molecule has 0 atom stereocenters. The van der Waals surface area contributed by atoms with Crippen LogP contribution in [0.4, 0.5) is 9.93 Å². The van der Waals surface area contributed by atoms with E-state index in [0.29, 0.717) is 18.2 Å². The molecule has 0 unspecified atom stereocenters. The first kappa shape index (κ1) is 16.2. The van der Waals surface area contributed by atoms with Crippen molar-refractivity contribution in [3.05, 3.63) is 9.48 Å². The van der Waals surface area contributed by atoms with E-state index in [-0.39, 0.29) is 12.5 Å². The van der Waals surface area contributed by atoms with Crippen LogP contribution in [0, 0.1) is 6.92 Å². The molecule has 1 aliphatic rings. The Bertz CT molecular complexity index is 548. The summed E-state index contributed by atoms with van der Waals surface area (Å²) in [4.78, 5) is 32.6. The van der Waals surface area contributed by atoms with Gasteiger partial charge >= 0.3 is 6.09 Å². The number of ether oxygens (including phenoxy) is 1. The lowest BCUT2D eigenvalue weighted by Gasteiger charge is -2.33. The van der Waals surface area contributed by atoms with Crippen LogP contribution in [0.25, 0.3) is 0 Å². The summed E-state index contributed by atoms with van der Waals surface area (Å²) in [5.74, 6) is -0.145. The van der Waals surface area contributed by atoms with Crippen LogP contribution in [0.3, 0.4) is 0 Å². The molecule has 2 amide bonds. The van der Waals surface area contributed by atoms with Crippen LogP contribution >= 0.6 is 27.3 Å². The molecule has 1 fully saturated rings. The second kappa shape index (κ2) is 5.92. The smallest absolute Gasteiger partial charge is 0.410 e. The molecule has 2 heterocycles. The maximum atomic E-state index is 12.2. The number of aryl methyl sites for hydroxylation is 1. The number of thiazole rings is 1. The fraction of sp³-hybridized carbons (Fsp3) is 0.615. The van der Waals surface area contributed by atoms with Crippen molar-refractivity contribution in [1.82, 2.24) is 9.88 Å². The molecule has 116 valence electrons. The Morgan fingerprint density at radius 1 is 1.38 bits per heavy atom. The van der Waals surface area contributed by atoms with Crippen molar-refractivity contribution in [1.29, 1.82) is 0 Å². The van der Waals surface area contributed by atoms with Gasteiger partial charge in [-0.1, -0.05) is 0 Å². The van der Waals surface area contributed by atoms with Crippen LogP contribution in [0.1, 0.15) is 25.6 Å². The largest absolute Gasteiger partial charge is 0.444 e. The Hall–Kier alpha value is -1.15. The summed E-state index contributed by atoms with van der Waals surface area (Å²) < 4.78 is 6.04. The molecule has 0 spiro atoms. The second-order valence-corrected chi connectivity index (χ2v) is 7.72. The van der Waals surface area contributed by atoms with Crippen molar-refractivity contribution in [2.24, 2.45) is 0 Å². The Morgan fingerprint density at radius 3 is 2.52 bits per heavy atom. The van der Waals surface area contributed by atoms with Gasteiger partial charge in [0.15, 0.2) is 5.13 Å². The molecule has 0 aromatic carbocycles. The Morgan fingerprint density at radius 2 is 2.05 bits per heavy atom. The summed E-state index contributed by atoms with van der Waals surface area (Å²) in [6, 6.07) is 0. The normalized spacial score (nSPS) is 16.3. The predicted octanol–water partition coefficient (Wildman–Crippen LogP) is 2.80. The highest BCUT2D eigenvalue weighted by Crippen LogP contribution is 2.30. The fourth-order valence-electron chi connectivity index (χ4n) is 1.84. The lowest BCUT2D eigenvalue weighted by atomic mass is 10.2. The number of rotatable bonds is 1. The maximum absolute atomic E-state index is 12.2. The summed E-state index contributed by atoms with van der Waals surface area (Å²) in [5, 5.41) is 0.660. The molecule has 1 aromatic rings. The van der Waals surface area contributed by atoms with Gasteiger partial charge in [0.05, 0.1) is 0 Å². The zero-order chi connectivity index (χ0) is 15.8. The van der Waals surface area contributed by atoms with Gasteiger partial charge < -0.3 is 4.74 Å². The van der Waals surface area contributed by atoms with Crippen molar-refractivity contribution < 1.29 is 14.3 Å². The molecule has 1 saturated heterocycles. The molecule has 1 aliphatic heterocycles. The van der Waals surface area contributed by atoms with Gasteiger partial charge in [0, 0.05) is 18.0 Å². The average Bonchev–Trinajstić information content (AvgIpc) is 2.67. The lowest BCUT2D eigenvalue weighted by molar-refractivity contribution is -0.121. The maximum Gasteiger partial charge on any atom is 0.410 e. The monoisotopic (exact) mass is 375 g/mol. The van der Waals surface area contributed by atoms with E-state index in [9.17, 15) is 9.59 Å². The van der Waals surface area contributed by atoms with Crippen LogP contribution in [-0.4, -0.2) is 47.1 Å². The van der Waals surface area contributed by atoms with E-state index in [1.54, 1.807) is 25.7 Å². The average molecular weight is 376 g/mol. The molecular weight excluding hydrogens is 358 g/mol. The molecule has 6 nitrogen and oxygen atoms in total. The highest BCUT2D eigenvalue weighted by molar-refractivity contribution is 9.10. The number of hydrogen-bond acceptors (Lipinski definition) is 5. The number of piperazine rings is 1. The second-order valence-electron chi connectivity index (χ2n) is 5.79. The minimum atomic E-state index is -0.561. The Kier molecular flexibility index (Phi) is 4.57. The van der Waals surface area contributed by atoms with Gasteiger partial charge in [0.25, 0.3) is 0 Å². The van der Waals surface area contributed by atoms with Crippen LogP contribution in [-0.2, 0) is 9.53 Å². The highest BCUT2D eigenvalue weighted by Gasteiger charge is 2.32. The number of carbonyl (C=O) groups is 2. The van der Waals surface area contributed by atoms with Crippen LogP contribution < -0.4 is 4.90 Å². The summed E-state index contributed by atoms with van der Waals surface area (Å²) in [5.41, 5.74) is -0.561. The Balaban J connectivity index is 2.02. The van der Waals surface area contributed by atoms with Crippen LogP contribution in [0.15, 0.2) is 4.60 Å². The minimum Gasteiger partial charge on any atom is -0.444 e. The van der Waals surface area contributed by atoms with E-state index in [0.717, 1.165) is 9.48 Å². The molecule has 0 bridgehead atoms. The zero-order valence-corrected chi connectivity index (χ0v) is 14.9. The van der Waals surface area contributed by atoms with Gasteiger partial charge in [-0.3, -0.25) is 14.6 Å². The van der Waals surface area contributed by atoms with Gasteiger partial charge in [-0.15, -0.1) is 11.3 Å². The summed E-state index contributed by atoms with van der Waals surface area (Å²) in [7, 11) is 0. The van der Waals surface area contributed by atoms with Gasteiger partial charge in [-0.05, 0) is 43.6 Å². The quantitative estimate of drug-likeness (QED) is 0.756. The first-order valence-electron chi connectivity index (χ1n) is 6.58. The van der Waals surface area contributed by atoms with Gasteiger partial charge in [0.2, 0.25) is 5.91 Å². The van der Waals surface area contributed by atoms with Crippen molar-refractivity contribution >= 4 is 44.4 Å². The lowest BCUT2D eigenvalue weighted by Crippen LogP contribution is -2.53. The summed E-state index contributed by atoms with van der Waals surface area (Å²) >= 11 is 4.80. The first-order valence-corrected chi connectivity index (χ1v) is 8.19. The third-order valence-corrected chi connectivity index (χ3v) is 4.86. The van der Waals surface area contributed by atoms with Gasteiger partial charge in [-0.25, -0.2) is 9.78 Å². The molecule has 0 saturated carbocycles. The molecule has 21 heavy (non-hydrogen) atoms. The molecule has 0 radical (unpaired) electrons. The SMILES string of the molecule is Cc1sc(N2CCN(C(=O)OC(C)(C)C)CC2=O)nc1Br. The zero-order valence-electron chi connectivity index (χ0n) is 12.5. The molecule has 1 aromatic heterocycles. The predicted molar refractivity (Wildman–Crippen MR) is 84.7 cm³/mol. The van der Waals surface area contributed by atoms with Crippen molar-refractivity contribution in [2.75, 3.05) is 24.5 Å². The number of anilines is 1. The standard InChI is InChI=1S/C13H18BrN3O3S/c1-8-10(14)15-11(21-8)17-6-5-16(7-9(17)18)12(19)20-13(2,3)4/h5-7H2,1-4H3. The Labute approximate surface area is 136 Å². The van der Waals surface area contributed by atoms with E-state index < -0.39 is 11.7 Å². The molecular formula is C13H18BrN3O3S. The fourth-order valence-corrected chi connectivity index (χ4v) is 3.21. The van der Waals surface area contributed by atoms with E-state index >= 15 is 0 Å². The van der Waals surface area contributed by atoms with E-state index in [4.69, 9.17) is 4.74 Å². The first-order chi connectivity index (χ1) is 9.67. The molecule has 0 aliphatic carbocycles. The number of hydrogen-bond donors (Lipinski definition) is 0. The molecule has 0 N–H and O–H groups in total. The number of carbonyl (C=O) groups excluding carboxylic acids is 2.